The average Bonchev–Trinajstić information content (AvgIpc) is 3.28. The average molecular weight is 450 g/mol. The molecule has 168 valence electrons. The van der Waals surface area contributed by atoms with Crippen LogP contribution in [-0.4, -0.2) is 72.9 Å². The van der Waals surface area contributed by atoms with E-state index in [0.717, 1.165) is 12.8 Å². The maximum atomic E-state index is 12.6. The number of carbonyl (C=O) groups is 3. The van der Waals surface area contributed by atoms with Crippen LogP contribution in [0.25, 0.3) is 0 Å². The molecule has 1 aromatic rings. The Morgan fingerprint density at radius 2 is 2.10 bits per heavy atom. The number of piperazine rings is 1. The minimum absolute atomic E-state index is 0.0882. The number of benzene rings is 1. The van der Waals surface area contributed by atoms with E-state index < -0.39 is 17.9 Å². The number of thiocarbonyl (C=S) groups is 1. The summed E-state index contributed by atoms with van der Waals surface area (Å²) in [6.07, 6.45) is 1.54. The van der Waals surface area contributed by atoms with Crippen molar-refractivity contribution in [1.82, 2.24) is 15.5 Å². The zero-order valence-electron chi connectivity index (χ0n) is 17.4. The summed E-state index contributed by atoms with van der Waals surface area (Å²) in [6.45, 7) is 3.99. The fourth-order valence-corrected chi connectivity index (χ4v) is 3.76. The molecule has 0 unspecified atom stereocenters. The first-order chi connectivity index (χ1) is 15.0. The first-order valence-electron chi connectivity index (χ1n) is 10.4. The van der Waals surface area contributed by atoms with Gasteiger partial charge < -0.3 is 24.4 Å². The first kappa shape index (κ1) is 23.0. The lowest BCUT2D eigenvalue weighted by atomic mass is 10.1. The summed E-state index contributed by atoms with van der Waals surface area (Å²) in [6, 6.07) is 5.81. The highest BCUT2D eigenvalue weighted by atomic mass is 32.1. The van der Waals surface area contributed by atoms with Crippen molar-refractivity contribution in [2.45, 2.75) is 38.3 Å². The summed E-state index contributed by atoms with van der Waals surface area (Å²) in [5, 5.41) is 5.46. The largest absolute Gasteiger partial charge is 0.494 e. The van der Waals surface area contributed by atoms with Gasteiger partial charge in [-0.2, -0.15) is 0 Å². The van der Waals surface area contributed by atoms with Crippen LogP contribution >= 0.6 is 12.2 Å². The fraction of sp³-hybridized carbons (Fsp3) is 0.524. The van der Waals surface area contributed by atoms with Crippen molar-refractivity contribution < 1.29 is 28.6 Å². The van der Waals surface area contributed by atoms with Gasteiger partial charge in [0.2, 0.25) is 5.91 Å². The SMILES string of the molecule is CCOc1ccc(C(=O)NC(=S)N2CCNC(=O)[C@@H]2CC(=O)OC[C@H]2CCCO2)cc1. The highest BCUT2D eigenvalue weighted by Crippen LogP contribution is 2.15. The Hall–Kier alpha value is -2.72. The van der Waals surface area contributed by atoms with Gasteiger partial charge in [-0.25, -0.2) is 0 Å². The molecule has 0 aliphatic carbocycles. The molecule has 2 aliphatic heterocycles. The van der Waals surface area contributed by atoms with Crippen LogP contribution in [-0.2, 0) is 19.1 Å². The van der Waals surface area contributed by atoms with Gasteiger partial charge in [0.15, 0.2) is 5.11 Å². The van der Waals surface area contributed by atoms with Gasteiger partial charge in [-0.15, -0.1) is 0 Å². The van der Waals surface area contributed by atoms with Crippen LogP contribution in [0.15, 0.2) is 24.3 Å². The van der Waals surface area contributed by atoms with Gasteiger partial charge in [-0.1, -0.05) is 0 Å². The summed E-state index contributed by atoms with van der Waals surface area (Å²) in [5.41, 5.74) is 0.403. The molecular formula is C21H27N3O6S. The molecule has 2 atom stereocenters. The highest BCUT2D eigenvalue weighted by Gasteiger charge is 2.34. The summed E-state index contributed by atoms with van der Waals surface area (Å²) in [7, 11) is 0. The fourth-order valence-electron chi connectivity index (χ4n) is 3.45. The Morgan fingerprint density at radius 3 is 2.77 bits per heavy atom. The van der Waals surface area contributed by atoms with E-state index in [9.17, 15) is 14.4 Å². The van der Waals surface area contributed by atoms with Crippen molar-refractivity contribution in [2.24, 2.45) is 0 Å². The minimum atomic E-state index is -0.848. The molecule has 31 heavy (non-hydrogen) atoms. The van der Waals surface area contributed by atoms with Gasteiger partial charge in [-0.05, 0) is 56.2 Å². The Balaban J connectivity index is 1.57. The van der Waals surface area contributed by atoms with Crippen molar-refractivity contribution >= 4 is 35.1 Å². The molecule has 0 aromatic heterocycles. The van der Waals surface area contributed by atoms with Crippen molar-refractivity contribution in [1.29, 1.82) is 0 Å². The van der Waals surface area contributed by atoms with Crippen LogP contribution in [0.1, 0.15) is 36.5 Å². The smallest absolute Gasteiger partial charge is 0.308 e. The second-order valence-electron chi connectivity index (χ2n) is 7.24. The van der Waals surface area contributed by atoms with Crippen LogP contribution in [0.3, 0.4) is 0 Å². The van der Waals surface area contributed by atoms with Gasteiger partial charge in [0, 0.05) is 25.3 Å². The van der Waals surface area contributed by atoms with Crippen molar-refractivity contribution in [3.8, 4) is 5.75 Å². The number of esters is 1. The summed E-state index contributed by atoms with van der Waals surface area (Å²) in [5.74, 6) is -0.587. The third-order valence-corrected chi connectivity index (χ3v) is 5.39. The van der Waals surface area contributed by atoms with Crippen LogP contribution in [0.5, 0.6) is 5.75 Å². The second-order valence-corrected chi connectivity index (χ2v) is 7.63. The Kier molecular flexibility index (Phi) is 8.19. The topological polar surface area (TPSA) is 106 Å². The molecule has 0 radical (unpaired) electrons. The van der Waals surface area contributed by atoms with Crippen molar-refractivity contribution in [2.75, 3.05) is 32.9 Å². The number of hydrogen-bond acceptors (Lipinski definition) is 7. The maximum absolute atomic E-state index is 12.6. The Bertz CT molecular complexity index is 810. The molecule has 3 rings (SSSR count). The van der Waals surface area contributed by atoms with E-state index in [1.54, 1.807) is 29.2 Å². The number of hydrogen-bond donors (Lipinski definition) is 2. The molecule has 0 bridgehead atoms. The highest BCUT2D eigenvalue weighted by molar-refractivity contribution is 7.80. The quantitative estimate of drug-likeness (QED) is 0.469. The van der Waals surface area contributed by atoms with Crippen LogP contribution in [0.2, 0.25) is 0 Å². The van der Waals surface area contributed by atoms with E-state index in [4.69, 9.17) is 26.4 Å². The van der Waals surface area contributed by atoms with E-state index in [1.807, 2.05) is 6.92 Å². The van der Waals surface area contributed by atoms with Gasteiger partial charge in [0.05, 0.1) is 19.1 Å². The normalized spacial score (nSPS) is 20.7. The summed E-state index contributed by atoms with van der Waals surface area (Å²) < 4.78 is 16.1. The molecule has 2 amide bonds. The maximum Gasteiger partial charge on any atom is 0.308 e. The van der Waals surface area contributed by atoms with Crippen molar-refractivity contribution in [3.63, 3.8) is 0 Å². The molecule has 1 aromatic carbocycles. The third-order valence-electron chi connectivity index (χ3n) is 5.05. The summed E-state index contributed by atoms with van der Waals surface area (Å²) in [4.78, 5) is 38.8. The van der Waals surface area contributed by atoms with E-state index in [2.05, 4.69) is 10.6 Å². The zero-order chi connectivity index (χ0) is 22.2. The van der Waals surface area contributed by atoms with Crippen LogP contribution in [0, 0.1) is 0 Å². The molecule has 0 saturated carbocycles. The molecule has 0 spiro atoms. The van der Waals surface area contributed by atoms with Gasteiger partial charge >= 0.3 is 5.97 Å². The number of ether oxygens (including phenoxy) is 3. The molecule has 2 fully saturated rings. The van der Waals surface area contributed by atoms with Crippen LogP contribution in [0.4, 0.5) is 0 Å². The predicted molar refractivity (Wildman–Crippen MR) is 116 cm³/mol. The molecule has 9 nitrogen and oxygen atoms in total. The lowest BCUT2D eigenvalue weighted by Gasteiger charge is -2.36. The van der Waals surface area contributed by atoms with E-state index in [0.29, 0.717) is 37.6 Å². The number of nitrogens with zero attached hydrogens (tertiary/aromatic N) is 1. The Morgan fingerprint density at radius 1 is 1.32 bits per heavy atom. The first-order valence-corrected chi connectivity index (χ1v) is 10.8. The molecule has 2 N–H and O–H groups in total. The van der Waals surface area contributed by atoms with Crippen LogP contribution < -0.4 is 15.4 Å². The lowest BCUT2D eigenvalue weighted by molar-refractivity contribution is -0.150. The number of carbonyl (C=O) groups excluding carboxylic acids is 3. The second kappa shape index (κ2) is 11.1. The van der Waals surface area contributed by atoms with Crippen molar-refractivity contribution in [3.05, 3.63) is 29.8 Å². The summed E-state index contributed by atoms with van der Waals surface area (Å²) >= 11 is 5.37. The Labute approximate surface area is 186 Å². The minimum Gasteiger partial charge on any atom is -0.494 e. The van der Waals surface area contributed by atoms with Gasteiger partial charge in [0.25, 0.3) is 5.91 Å². The standard InChI is InChI=1S/C21H27N3O6S/c1-2-28-15-7-5-14(6-8-15)19(26)23-21(31)24-10-9-22-20(27)17(24)12-18(25)30-13-16-4-3-11-29-16/h5-8,16-17H,2-4,9-13H2,1H3,(H,22,27)(H,23,26,31)/t16-,17+/m1/s1. The zero-order valence-corrected chi connectivity index (χ0v) is 18.2. The van der Waals surface area contributed by atoms with E-state index in [1.165, 1.54) is 0 Å². The lowest BCUT2D eigenvalue weighted by Crippen LogP contribution is -2.60. The van der Waals surface area contributed by atoms with E-state index >= 15 is 0 Å². The third kappa shape index (κ3) is 6.38. The van der Waals surface area contributed by atoms with Gasteiger partial charge in [0.1, 0.15) is 18.4 Å². The molecule has 2 aliphatic rings. The number of rotatable bonds is 7. The molecule has 2 saturated heterocycles. The molecule has 2 heterocycles. The van der Waals surface area contributed by atoms with Gasteiger partial charge in [-0.3, -0.25) is 19.7 Å². The monoisotopic (exact) mass is 449 g/mol. The molecular weight excluding hydrogens is 422 g/mol. The number of amides is 2. The van der Waals surface area contributed by atoms with E-state index in [-0.39, 0.29) is 30.2 Å². The number of nitrogens with one attached hydrogen (secondary N) is 2. The molecule has 10 heteroatoms. The predicted octanol–water partition coefficient (Wildman–Crippen LogP) is 1.01.